The lowest BCUT2D eigenvalue weighted by atomic mass is 9.98. The number of hydrogen-bond acceptors (Lipinski definition) is 2. The van der Waals surface area contributed by atoms with Crippen molar-refractivity contribution in [3.63, 3.8) is 0 Å². The quantitative estimate of drug-likeness (QED) is 0.663. The SMILES string of the molecule is CCP(=O)(Cl)OC1CCCCC1. The fraction of sp³-hybridized carbons (Fsp3) is 1.00. The van der Waals surface area contributed by atoms with E-state index in [-0.39, 0.29) is 6.10 Å². The molecule has 12 heavy (non-hydrogen) atoms. The first kappa shape index (κ1) is 10.6. The van der Waals surface area contributed by atoms with Gasteiger partial charge in [-0.05, 0) is 24.1 Å². The molecule has 1 fully saturated rings. The van der Waals surface area contributed by atoms with Gasteiger partial charge in [0.2, 0.25) is 0 Å². The predicted octanol–water partition coefficient (Wildman–Crippen LogP) is 3.79. The van der Waals surface area contributed by atoms with Crippen LogP contribution in [0.4, 0.5) is 0 Å². The van der Waals surface area contributed by atoms with E-state index in [0.29, 0.717) is 6.16 Å². The van der Waals surface area contributed by atoms with Gasteiger partial charge in [0, 0.05) is 6.16 Å². The van der Waals surface area contributed by atoms with E-state index in [1.54, 1.807) is 6.92 Å². The zero-order chi connectivity index (χ0) is 9.03. The Labute approximate surface area is 78.9 Å². The third kappa shape index (κ3) is 3.47. The average Bonchev–Trinajstić information content (AvgIpc) is 2.06. The van der Waals surface area contributed by atoms with Gasteiger partial charge in [-0.3, -0.25) is 4.57 Å². The third-order valence-electron chi connectivity index (χ3n) is 2.24. The van der Waals surface area contributed by atoms with E-state index in [4.69, 9.17) is 15.8 Å². The molecular weight excluding hydrogens is 195 g/mol. The van der Waals surface area contributed by atoms with Crippen molar-refractivity contribution < 1.29 is 9.09 Å². The maximum atomic E-state index is 11.4. The number of hydrogen-bond donors (Lipinski definition) is 0. The van der Waals surface area contributed by atoms with Crippen LogP contribution in [-0.2, 0) is 9.09 Å². The summed E-state index contributed by atoms with van der Waals surface area (Å²) in [6.07, 6.45) is 6.29. The molecule has 4 heteroatoms. The zero-order valence-electron chi connectivity index (χ0n) is 7.46. The van der Waals surface area contributed by atoms with Gasteiger partial charge in [-0.1, -0.05) is 26.2 Å². The Morgan fingerprint density at radius 3 is 2.50 bits per heavy atom. The molecule has 2 nitrogen and oxygen atoms in total. The van der Waals surface area contributed by atoms with Gasteiger partial charge >= 0.3 is 0 Å². The summed E-state index contributed by atoms with van der Waals surface area (Å²) in [5, 5.41) is 0. The summed E-state index contributed by atoms with van der Waals surface area (Å²) < 4.78 is 16.7. The van der Waals surface area contributed by atoms with Crippen LogP contribution in [0, 0.1) is 0 Å². The molecule has 0 aliphatic heterocycles. The Bertz CT molecular complexity index is 178. The molecule has 72 valence electrons. The minimum Gasteiger partial charge on any atom is -0.314 e. The Kier molecular flexibility index (Phi) is 4.09. The topological polar surface area (TPSA) is 26.3 Å². The molecule has 1 rings (SSSR count). The molecule has 0 bridgehead atoms. The highest BCUT2D eigenvalue weighted by Gasteiger charge is 2.23. The van der Waals surface area contributed by atoms with E-state index < -0.39 is 6.72 Å². The maximum Gasteiger partial charge on any atom is 0.290 e. The smallest absolute Gasteiger partial charge is 0.290 e. The second kappa shape index (κ2) is 4.64. The predicted molar refractivity (Wildman–Crippen MR) is 52.0 cm³/mol. The summed E-state index contributed by atoms with van der Waals surface area (Å²) in [6.45, 7) is -0.967. The van der Waals surface area contributed by atoms with Crippen molar-refractivity contribution in [3.8, 4) is 0 Å². The molecule has 0 N–H and O–H groups in total. The van der Waals surface area contributed by atoms with Gasteiger partial charge in [0.25, 0.3) is 6.72 Å². The van der Waals surface area contributed by atoms with E-state index in [0.717, 1.165) is 12.8 Å². The second-order valence-electron chi connectivity index (χ2n) is 3.27. The van der Waals surface area contributed by atoms with E-state index >= 15 is 0 Å². The number of rotatable bonds is 3. The van der Waals surface area contributed by atoms with Gasteiger partial charge in [0.1, 0.15) is 0 Å². The van der Waals surface area contributed by atoms with Gasteiger partial charge in [-0.25, -0.2) is 0 Å². The minimum atomic E-state index is -2.77. The Morgan fingerprint density at radius 1 is 1.42 bits per heavy atom. The van der Waals surface area contributed by atoms with Crippen molar-refractivity contribution in [2.75, 3.05) is 6.16 Å². The molecule has 0 amide bonds. The number of halogens is 1. The first-order valence-corrected chi connectivity index (χ1v) is 7.32. The average molecular weight is 211 g/mol. The van der Waals surface area contributed by atoms with Crippen LogP contribution in [0.15, 0.2) is 0 Å². The molecule has 1 aliphatic rings. The molecule has 0 heterocycles. The largest absolute Gasteiger partial charge is 0.314 e. The highest BCUT2D eigenvalue weighted by Crippen LogP contribution is 2.54. The van der Waals surface area contributed by atoms with Gasteiger partial charge in [-0.15, -0.1) is 0 Å². The lowest BCUT2D eigenvalue weighted by molar-refractivity contribution is 0.163. The molecule has 0 radical (unpaired) electrons. The monoisotopic (exact) mass is 210 g/mol. The van der Waals surface area contributed by atoms with E-state index in [1.807, 2.05) is 0 Å². The molecule has 0 aromatic carbocycles. The van der Waals surface area contributed by atoms with Crippen LogP contribution in [0.2, 0.25) is 0 Å². The standard InChI is InChI=1S/C8H16ClO2P/c1-2-12(9,10)11-8-6-4-3-5-7-8/h8H,2-7H2,1H3. The summed E-state index contributed by atoms with van der Waals surface area (Å²) >= 11 is 5.69. The third-order valence-corrected chi connectivity index (χ3v) is 4.56. The molecular formula is C8H16ClO2P. The van der Waals surface area contributed by atoms with Crippen molar-refractivity contribution in [1.82, 2.24) is 0 Å². The van der Waals surface area contributed by atoms with Gasteiger partial charge in [0.15, 0.2) is 0 Å². The molecule has 0 aromatic rings. The van der Waals surface area contributed by atoms with Crippen LogP contribution in [0.5, 0.6) is 0 Å². The first-order valence-electron chi connectivity index (χ1n) is 4.61. The fourth-order valence-corrected chi connectivity index (χ4v) is 2.61. The second-order valence-corrected chi connectivity index (χ2v) is 6.84. The summed E-state index contributed by atoms with van der Waals surface area (Å²) in [6, 6.07) is 0. The molecule has 1 atom stereocenters. The molecule has 0 aromatic heterocycles. The van der Waals surface area contributed by atoms with Crippen LogP contribution in [0.25, 0.3) is 0 Å². The molecule has 0 saturated heterocycles. The van der Waals surface area contributed by atoms with Crippen molar-refractivity contribution >= 4 is 18.0 Å². The van der Waals surface area contributed by atoms with Crippen LogP contribution in [0.3, 0.4) is 0 Å². The molecule has 1 unspecified atom stereocenters. The van der Waals surface area contributed by atoms with Crippen molar-refractivity contribution in [2.45, 2.75) is 45.1 Å². The lowest BCUT2D eigenvalue weighted by Crippen LogP contribution is -2.14. The zero-order valence-corrected chi connectivity index (χ0v) is 9.11. The van der Waals surface area contributed by atoms with Crippen molar-refractivity contribution in [2.24, 2.45) is 0 Å². The lowest BCUT2D eigenvalue weighted by Gasteiger charge is -2.23. The first-order chi connectivity index (χ1) is 5.64. The highest BCUT2D eigenvalue weighted by atomic mass is 35.7. The van der Waals surface area contributed by atoms with Crippen LogP contribution >= 0.6 is 18.0 Å². The highest BCUT2D eigenvalue weighted by molar-refractivity contribution is 7.85. The van der Waals surface area contributed by atoms with Crippen LogP contribution < -0.4 is 0 Å². The Morgan fingerprint density at radius 2 is 2.00 bits per heavy atom. The van der Waals surface area contributed by atoms with E-state index in [9.17, 15) is 4.57 Å². The van der Waals surface area contributed by atoms with Crippen molar-refractivity contribution in [3.05, 3.63) is 0 Å². The molecule has 1 aliphatic carbocycles. The Hall–Kier alpha value is 0.480. The summed E-state index contributed by atoms with van der Waals surface area (Å²) in [5.41, 5.74) is 0. The Balaban J connectivity index is 2.34. The van der Waals surface area contributed by atoms with E-state index in [1.165, 1.54) is 19.3 Å². The van der Waals surface area contributed by atoms with Crippen LogP contribution in [-0.4, -0.2) is 12.3 Å². The van der Waals surface area contributed by atoms with Crippen molar-refractivity contribution in [1.29, 1.82) is 0 Å². The molecule has 1 saturated carbocycles. The van der Waals surface area contributed by atoms with Gasteiger partial charge in [0.05, 0.1) is 6.10 Å². The minimum absolute atomic E-state index is 0.155. The maximum absolute atomic E-state index is 11.4. The molecule has 0 spiro atoms. The van der Waals surface area contributed by atoms with Gasteiger partial charge in [-0.2, -0.15) is 0 Å². The normalized spacial score (nSPS) is 25.2. The van der Waals surface area contributed by atoms with Gasteiger partial charge < -0.3 is 4.52 Å². The van der Waals surface area contributed by atoms with Crippen LogP contribution in [0.1, 0.15) is 39.0 Å². The summed E-state index contributed by atoms with van der Waals surface area (Å²) in [7, 11) is 0. The van der Waals surface area contributed by atoms with E-state index in [2.05, 4.69) is 0 Å². The summed E-state index contributed by atoms with van der Waals surface area (Å²) in [4.78, 5) is 0. The fourth-order valence-electron chi connectivity index (χ4n) is 1.47. The summed E-state index contributed by atoms with van der Waals surface area (Å²) in [5.74, 6) is 0.